The molecule has 5 heterocycles. The van der Waals surface area contributed by atoms with Crippen molar-refractivity contribution in [3.63, 3.8) is 0 Å². The molecule has 0 aromatic carbocycles. The molecule has 0 radical (unpaired) electrons. The Hall–Kier alpha value is -5.74. The second-order valence-corrected chi connectivity index (χ2v) is 12.8. The smallest absolute Gasteiger partial charge is 0.254 e. The monoisotopic (exact) mass is 676 g/mol. The van der Waals surface area contributed by atoms with Gasteiger partial charge in [-0.3, -0.25) is 4.98 Å². The Kier molecular flexibility index (Phi) is 10.5. The molecule has 0 saturated heterocycles. The number of nitrogens with one attached hydrogen (secondary N) is 2. The summed E-state index contributed by atoms with van der Waals surface area (Å²) in [6.07, 6.45) is 7.66. The molecule has 2 aliphatic rings. The highest BCUT2D eigenvalue weighted by atomic mass is 16.3. The van der Waals surface area contributed by atoms with Gasteiger partial charge in [-0.1, -0.05) is 54.5 Å². The summed E-state index contributed by atoms with van der Waals surface area (Å²) in [4.78, 5) is 17.7. The highest BCUT2D eigenvalue weighted by Gasteiger charge is 2.58. The third kappa shape index (κ3) is 5.75. The van der Waals surface area contributed by atoms with Gasteiger partial charge in [-0.25, -0.2) is 4.98 Å². The van der Waals surface area contributed by atoms with Crippen LogP contribution >= 0.6 is 0 Å². The first-order chi connectivity index (χ1) is 24.6. The number of hydrogen-bond donors (Lipinski definition) is 3. The van der Waals surface area contributed by atoms with Crippen LogP contribution < -0.4 is 0 Å². The number of aliphatic hydroxyl groups is 1. The number of rotatable bonds is 9. The zero-order chi connectivity index (χ0) is 37.1. The van der Waals surface area contributed by atoms with E-state index in [1.165, 1.54) is 17.2 Å². The minimum absolute atomic E-state index is 0.122. The largest absolute Gasteiger partial charge is 0.363 e. The van der Waals surface area contributed by atoms with Crippen LogP contribution in [-0.2, 0) is 31.1 Å². The summed E-state index contributed by atoms with van der Waals surface area (Å²) in [5, 5.41) is 52.2. The van der Waals surface area contributed by atoms with E-state index in [4.69, 9.17) is 9.97 Å². The zero-order valence-corrected chi connectivity index (χ0v) is 30.5. The van der Waals surface area contributed by atoms with Gasteiger partial charge in [-0.05, 0) is 114 Å². The molecule has 0 amide bonds. The molecule has 0 saturated carbocycles. The molecule has 1 atom stereocenters. The van der Waals surface area contributed by atoms with Crippen molar-refractivity contribution in [3.8, 4) is 24.3 Å². The van der Waals surface area contributed by atoms with E-state index in [2.05, 4.69) is 63.6 Å². The molecule has 0 fully saturated rings. The lowest BCUT2D eigenvalue weighted by atomic mass is 9.64. The first kappa shape index (κ1) is 36.5. The Labute approximate surface area is 300 Å². The van der Waals surface area contributed by atoms with Gasteiger partial charge < -0.3 is 15.1 Å². The number of H-pyrrole nitrogens is 2. The summed E-state index contributed by atoms with van der Waals surface area (Å²) in [7, 11) is 0. The number of aromatic amines is 2. The van der Waals surface area contributed by atoms with Crippen LogP contribution in [0.25, 0.3) is 38.8 Å². The van der Waals surface area contributed by atoms with Crippen molar-refractivity contribution in [1.82, 2.24) is 19.9 Å². The SMILES string of the molecule is CCC1=C(CC)c2cc3[nH]c(cc4nc(cc5[nH]c(cc1n2)c(CC)c5CC)/C(=C/C=C(C#N)C#N)C4(CC)C(O)(C#N)C#N)c(CC)c3CC. The van der Waals surface area contributed by atoms with Gasteiger partial charge in [-0.15, -0.1) is 0 Å². The van der Waals surface area contributed by atoms with Gasteiger partial charge in [0.2, 0.25) is 0 Å². The topological polar surface area (TPSA) is 173 Å². The number of aromatic nitrogens is 4. The summed E-state index contributed by atoms with van der Waals surface area (Å²) in [6, 6.07) is 15.6. The maximum Gasteiger partial charge on any atom is 0.254 e. The Morgan fingerprint density at radius 3 is 1.47 bits per heavy atom. The minimum Gasteiger partial charge on any atom is -0.363 e. The molecule has 258 valence electrons. The zero-order valence-electron chi connectivity index (χ0n) is 30.5. The van der Waals surface area contributed by atoms with Gasteiger partial charge in [0.15, 0.2) is 0 Å². The van der Waals surface area contributed by atoms with E-state index in [0.29, 0.717) is 23.4 Å². The van der Waals surface area contributed by atoms with Gasteiger partial charge >= 0.3 is 0 Å². The predicted molar refractivity (Wildman–Crippen MR) is 201 cm³/mol. The van der Waals surface area contributed by atoms with E-state index in [9.17, 15) is 26.2 Å². The highest BCUT2D eigenvalue weighted by molar-refractivity contribution is 5.94. The number of nitrogens with zero attached hydrogens (tertiary/aromatic N) is 6. The van der Waals surface area contributed by atoms with Crippen LogP contribution in [0.3, 0.4) is 0 Å². The molecular formula is C42H44N8O. The quantitative estimate of drug-likeness (QED) is 0.150. The first-order valence-electron chi connectivity index (χ1n) is 17.9. The summed E-state index contributed by atoms with van der Waals surface area (Å²) >= 11 is 0. The third-order valence-corrected chi connectivity index (χ3v) is 10.6. The average molecular weight is 677 g/mol. The van der Waals surface area contributed by atoms with Crippen LogP contribution in [0.5, 0.6) is 0 Å². The van der Waals surface area contributed by atoms with Crippen molar-refractivity contribution in [2.45, 2.75) is 104 Å². The van der Waals surface area contributed by atoms with Crippen molar-refractivity contribution >= 4 is 38.8 Å². The van der Waals surface area contributed by atoms with Gasteiger partial charge in [0.25, 0.3) is 5.60 Å². The lowest BCUT2D eigenvalue weighted by Crippen LogP contribution is -2.49. The van der Waals surface area contributed by atoms with Crippen LogP contribution in [-0.4, -0.2) is 30.6 Å². The normalized spacial score (nSPS) is 16.4. The molecule has 3 N–H and O–H groups in total. The van der Waals surface area contributed by atoms with E-state index in [1.807, 2.05) is 36.4 Å². The molecule has 1 unspecified atom stereocenters. The van der Waals surface area contributed by atoms with Crippen molar-refractivity contribution < 1.29 is 5.11 Å². The molecule has 3 aromatic rings. The second-order valence-electron chi connectivity index (χ2n) is 12.8. The van der Waals surface area contributed by atoms with Gasteiger partial charge in [0.1, 0.15) is 29.8 Å². The predicted octanol–water partition coefficient (Wildman–Crippen LogP) is 8.78. The van der Waals surface area contributed by atoms with Crippen molar-refractivity contribution in [3.05, 3.63) is 87.0 Å². The number of fused-ring (bicyclic) bond motifs is 8. The lowest BCUT2D eigenvalue weighted by Gasteiger charge is -2.36. The summed E-state index contributed by atoms with van der Waals surface area (Å²) < 4.78 is 0. The van der Waals surface area contributed by atoms with E-state index in [0.717, 1.165) is 87.8 Å². The summed E-state index contributed by atoms with van der Waals surface area (Å²) in [6.45, 7) is 14.6. The van der Waals surface area contributed by atoms with E-state index >= 15 is 0 Å². The number of allylic oxidation sites excluding steroid dienone is 5. The summed E-state index contributed by atoms with van der Waals surface area (Å²) in [5.41, 5.74) is 8.97. The maximum atomic E-state index is 12.0. The first-order valence-corrected chi connectivity index (χ1v) is 17.9. The fourth-order valence-corrected chi connectivity index (χ4v) is 8.12. The molecule has 3 aromatic heterocycles. The van der Waals surface area contributed by atoms with E-state index in [1.54, 1.807) is 13.0 Å². The molecular weight excluding hydrogens is 633 g/mol. The van der Waals surface area contributed by atoms with E-state index < -0.39 is 11.0 Å². The Balaban J connectivity index is 2.14. The standard InChI is InChI=1S/C42H44N8O/c1-8-26-27(9-2)34-18-36-30(12-5)31(13-6)38(49-36)20-40-42(14-7,41(51,23-45)24-46)32(16-15-25(21-43)22-44)39(50-40)19-37-29(11-4)28(10-3)35(48-37)17-33(26)47-34/h15-20,48-49,51H,8-14H2,1-7H3/b32-16-,33-17?,34-18?,35-17?,36-18?,37-19?,38-20?,39-19?,40-20?. The number of aryl methyl sites for hydroxylation is 4. The molecule has 9 heteroatoms. The van der Waals surface area contributed by atoms with Crippen LogP contribution in [0.15, 0.2) is 42.0 Å². The average Bonchev–Trinajstić information content (AvgIpc) is 3.86. The lowest BCUT2D eigenvalue weighted by molar-refractivity contribution is 0.0910. The van der Waals surface area contributed by atoms with Crippen LogP contribution in [0.2, 0.25) is 0 Å². The van der Waals surface area contributed by atoms with Gasteiger partial charge in [-0.2, -0.15) is 21.0 Å². The number of nitriles is 4. The molecule has 9 nitrogen and oxygen atoms in total. The van der Waals surface area contributed by atoms with Crippen molar-refractivity contribution in [2.75, 3.05) is 0 Å². The van der Waals surface area contributed by atoms with Crippen LogP contribution in [0, 0.1) is 45.3 Å². The Morgan fingerprint density at radius 1 is 0.667 bits per heavy atom. The van der Waals surface area contributed by atoms with Crippen molar-refractivity contribution in [1.29, 1.82) is 21.0 Å². The fourth-order valence-electron chi connectivity index (χ4n) is 8.12. The Bertz CT molecular complexity index is 2310. The summed E-state index contributed by atoms with van der Waals surface area (Å²) in [5.74, 6) is 0. The van der Waals surface area contributed by atoms with Gasteiger partial charge in [0.05, 0.1) is 28.2 Å². The molecule has 51 heavy (non-hydrogen) atoms. The van der Waals surface area contributed by atoms with Crippen molar-refractivity contribution in [2.24, 2.45) is 0 Å². The Morgan fingerprint density at radius 2 is 1.10 bits per heavy atom. The minimum atomic E-state index is -2.55. The molecule has 5 rings (SSSR count). The van der Waals surface area contributed by atoms with Gasteiger partial charge in [0, 0.05) is 22.1 Å². The van der Waals surface area contributed by atoms with E-state index in [-0.39, 0.29) is 12.0 Å². The fraction of sp³-hybridized carbons (Fsp3) is 0.381. The molecule has 0 spiro atoms. The second kappa shape index (κ2) is 14.6. The molecule has 0 aliphatic carbocycles. The van der Waals surface area contributed by atoms with Crippen LogP contribution in [0.4, 0.5) is 0 Å². The molecule has 2 aliphatic heterocycles. The highest BCUT2D eigenvalue weighted by Crippen LogP contribution is 2.51. The third-order valence-electron chi connectivity index (χ3n) is 10.6. The maximum absolute atomic E-state index is 12.0. The number of hydrogen-bond acceptors (Lipinski definition) is 7. The molecule has 8 bridgehead atoms. The van der Waals surface area contributed by atoms with Crippen LogP contribution in [0.1, 0.15) is 113 Å².